The van der Waals surface area contributed by atoms with Crippen molar-refractivity contribution in [1.82, 2.24) is 15.2 Å². The molecule has 1 aromatic heterocycles. The lowest BCUT2D eigenvalue weighted by Gasteiger charge is -2.17. The summed E-state index contributed by atoms with van der Waals surface area (Å²) in [6, 6.07) is 20.9. The van der Waals surface area contributed by atoms with Gasteiger partial charge in [-0.2, -0.15) is 0 Å². The smallest absolute Gasteiger partial charge is 0.252 e. The van der Waals surface area contributed by atoms with Gasteiger partial charge in [-0.05, 0) is 31.4 Å². The summed E-state index contributed by atoms with van der Waals surface area (Å²) in [6.07, 6.45) is 3.67. The van der Waals surface area contributed by atoms with Crippen LogP contribution in [0.5, 0.6) is 0 Å². The van der Waals surface area contributed by atoms with Crippen LogP contribution in [0.25, 0.3) is 22.2 Å². The van der Waals surface area contributed by atoms with Crippen LogP contribution in [0.1, 0.15) is 29.6 Å². The van der Waals surface area contributed by atoms with Gasteiger partial charge in [0.2, 0.25) is 0 Å². The van der Waals surface area contributed by atoms with E-state index in [0.717, 1.165) is 47.7 Å². The average Bonchev–Trinajstić information content (AvgIpc) is 3.47. The molecule has 27 heavy (non-hydrogen) atoms. The van der Waals surface area contributed by atoms with Crippen molar-refractivity contribution in [2.75, 3.05) is 13.1 Å². The molecule has 1 N–H and O–H groups in total. The first kappa shape index (κ1) is 16.5. The number of rotatable bonds is 4. The number of hydrogen-bond donors (Lipinski definition) is 1. The zero-order chi connectivity index (χ0) is 18.2. The van der Waals surface area contributed by atoms with Crippen molar-refractivity contribution >= 4 is 16.8 Å². The molecule has 1 amide bonds. The fourth-order valence-electron chi connectivity index (χ4n) is 4.06. The fraction of sp³-hybridized carbons (Fsp3) is 0.304. The minimum atomic E-state index is 0.00780. The van der Waals surface area contributed by atoms with E-state index in [4.69, 9.17) is 4.98 Å². The standard InChI is InChI=1S/C23H23N3O/c27-23(24-17-12-13-26(15-17)18-10-11-18)20-14-22(16-6-2-1-3-7-16)25-21-9-5-4-8-19(20)21/h1-9,14,17-18H,10-13,15H2,(H,24,27). The molecular formula is C23H23N3O. The highest BCUT2D eigenvalue weighted by molar-refractivity contribution is 6.07. The van der Waals surface area contributed by atoms with Crippen LogP contribution in [0, 0.1) is 0 Å². The maximum absolute atomic E-state index is 13.1. The van der Waals surface area contributed by atoms with E-state index in [9.17, 15) is 4.79 Å². The molecule has 0 bridgehead atoms. The van der Waals surface area contributed by atoms with Crippen molar-refractivity contribution in [3.8, 4) is 11.3 Å². The normalized spacial score (nSPS) is 20.1. The zero-order valence-corrected chi connectivity index (χ0v) is 15.3. The van der Waals surface area contributed by atoms with E-state index in [1.165, 1.54) is 12.8 Å². The highest BCUT2D eigenvalue weighted by atomic mass is 16.1. The van der Waals surface area contributed by atoms with Crippen molar-refractivity contribution in [2.45, 2.75) is 31.3 Å². The molecule has 1 saturated heterocycles. The molecule has 1 aliphatic carbocycles. The molecule has 1 saturated carbocycles. The summed E-state index contributed by atoms with van der Waals surface area (Å²) in [7, 11) is 0. The number of carbonyl (C=O) groups is 1. The Bertz CT molecular complexity index is 981. The second-order valence-electron chi connectivity index (χ2n) is 7.62. The van der Waals surface area contributed by atoms with Gasteiger partial charge in [0.1, 0.15) is 0 Å². The summed E-state index contributed by atoms with van der Waals surface area (Å²) >= 11 is 0. The van der Waals surface area contributed by atoms with Gasteiger partial charge in [-0.15, -0.1) is 0 Å². The van der Waals surface area contributed by atoms with Crippen LogP contribution in [-0.4, -0.2) is 41.0 Å². The summed E-state index contributed by atoms with van der Waals surface area (Å²) < 4.78 is 0. The number of aromatic nitrogens is 1. The average molecular weight is 357 g/mol. The topological polar surface area (TPSA) is 45.2 Å². The quantitative estimate of drug-likeness (QED) is 0.771. The first-order chi connectivity index (χ1) is 13.3. The number of nitrogens with zero attached hydrogens (tertiary/aromatic N) is 2. The molecule has 5 rings (SSSR count). The Kier molecular flexibility index (Phi) is 4.13. The summed E-state index contributed by atoms with van der Waals surface area (Å²) in [4.78, 5) is 20.4. The molecule has 4 heteroatoms. The lowest BCUT2D eigenvalue weighted by Crippen LogP contribution is -2.37. The Morgan fingerprint density at radius 2 is 1.78 bits per heavy atom. The van der Waals surface area contributed by atoms with E-state index in [-0.39, 0.29) is 11.9 Å². The SMILES string of the molecule is O=C(NC1CCN(C2CC2)C1)c1cc(-c2ccccc2)nc2ccccc12. The third-order valence-electron chi connectivity index (χ3n) is 5.65. The molecule has 1 atom stereocenters. The minimum Gasteiger partial charge on any atom is -0.348 e. The van der Waals surface area contributed by atoms with E-state index >= 15 is 0 Å². The Hall–Kier alpha value is -2.72. The first-order valence-corrected chi connectivity index (χ1v) is 9.78. The highest BCUT2D eigenvalue weighted by Crippen LogP contribution is 2.30. The molecule has 2 aliphatic rings. The van der Waals surface area contributed by atoms with E-state index in [0.29, 0.717) is 5.56 Å². The Balaban J connectivity index is 1.46. The first-order valence-electron chi connectivity index (χ1n) is 9.78. The third-order valence-corrected chi connectivity index (χ3v) is 5.65. The van der Waals surface area contributed by atoms with Crippen LogP contribution in [0.15, 0.2) is 60.7 Å². The van der Waals surface area contributed by atoms with Gasteiger partial charge < -0.3 is 5.32 Å². The van der Waals surface area contributed by atoms with Gasteiger partial charge in [0.15, 0.2) is 0 Å². The van der Waals surface area contributed by atoms with Gasteiger partial charge in [0.05, 0.1) is 16.8 Å². The molecule has 2 fully saturated rings. The lowest BCUT2D eigenvalue weighted by molar-refractivity contribution is 0.0939. The van der Waals surface area contributed by atoms with Crippen LogP contribution < -0.4 is 5.32 Å². The van der Waals surface area contributed by atoms with Crippen molar-refractivity contribution < 1.29 is 4.79 Å². The second-order valence-corrected chi connectivity index (χ2v) is 7.62. The minimum absolute atomic E-state index is 0.00780. The van der Waals surface area contributed by atoms with Crippen molar-refractivity contribution in [3.63, 3.8) is 0 Å². The summed E-state index contributed by atoms with van der Waals surface area (Å²) in [5.41, 5.74) is 3.43. The summed E-state index contributed by atoms with van der Waals surface area (Å²) in [5, 5.41) is 4.18. The predicted molar refractivity (Wildman–Crippen MR) is 108 cm³/mol. The Morgan fingerprint density at radius 1 is 1.00 bits per heavy atom. The van der Waals surface area contributed by atoms with E-state index in [1.807, 2.05) is 60.7 Å². The Morgan fingerprint density at radius 3 is 2.59 bits per heavy atom. The molecule has 2 aromatic carbocycles. The molecule has 0 spiro atoms. The van der Waals surface area contributed by atoms with Gasteiger partial charge in [-0.1, -0.05) is 48.5 Å². The van der Waals surface area contributed by atoms with Crippen LogP contribution in [0.3, 0.4) is 0 Å². The number of pyridine rings is 1. The molecule has 1 aliphatic heterocycles. The van der Waals surface area contributed by atoms with Crippen molar-refractivity contribution in [2.24, 2.45) is 0 Å². The number of carbonyl (C=O) groups excluding carboxylic acids is 1. The molecule has 0 radical (unpaired) electrons. The van der Waals surface area contributed by atoms with Crippen LogP contribution in [0.2, 0.25) is 0 Å². The zero-order valence-electron chi connectivity index (χ0n) is 15.3. The van der Waals surface area contributed by atoms with Crippen molar-refractivity contribution in [3.05, 3.63) is 66.2 Å². The van der Waals surface area contributed by atoms with Gasteiger partial charge in [0.25, 0.3) is 5.91 Å². The summed E-state index contributed by atoms with van der Waals surface area (Å²) in [5.74, 6) is 0.00780. The molecule has 2 heterocycles. The van der Waals surface area contributed by atoms with E-state index in [2.05, 4.69) is 10.2 Å². The largest absolute Gasteiger partial charge is 0.348 e. The molecule has 136 valence electrons. The number of benzene rings is 2. The van der Waals surface area contributed by atoms with Gasteiger partial charge >= 0.3 is 0 Å². The predicted octanol–water partition coefficient (Wildman–Crippen LogP) is 3.87. The number of nitrogens with one attached hydrogen (secondary N) is 1. The lowest BCUT2D eigenvalue weighted by atomic mass is 10.0. The van der Waals surface area contributed by atoms with Crippen LogP contribution in [0.4, 0.5) is 0 Å². The van der Waals surface area contributed by atoms with Crippen LogP contribution >= 0.6 is 0 Å². The van der Waals surface area contributed by atoms with Crippen molar-refractivity contribution in [1.29, 1.82) is 0 Å². The maximum atomic E-state index is 13.1. The second kappa shape index (κ2) is 6.78. The van der Waals surface area contributed by atoms with Crippen LogP contribution in [-0.2, 0) is 0 Å². The fourth-order valence-corrected chi connectivity index (χ4v) is 4.06. The molecule has 4 nitrogen and oxygen atoms in total. The van der Waals surface area contributed by atoms with Gasteiger partial charge in [-0.3, -0.25) is 9.69 Å². The molecule has 3 aromatic rings. The molecular weight excluding hydrogens is 334 g/mol. The monoisotopic (exact) mass is 357 g/mol. The van der Waals surface area contributed by atoms with E-state index < -0.39 is 0 Å². The van der Waals surface area contributed by atoms with E-state index in [1.54, 1.807) is 0 Å². The molecule has 1 unspecified atom stereocenters. The number of amides is 1. The third kappa shape index (κ3) is 3.33. The number of para-hydroxylation sites is 1. The summed E-state index contributed by atoms with van der Waals surface area (Å²) in [6.45, 7) is 2.08. The van der Waals surface area contributed by atoms with Gasteiger partial charge in [0, 0.05) is 36.1 Å². The maximum Gasteiger partial charge on any atom is 0.252 e. The number of likely N-dealkylation sites (tertiary alicyclic amines) is 1. The van der Waals surface area contributed by atoms with Gasteiger partial charge in [-0.25, -0.2) is 4.98 Å². The number of fused-ring (bicyclic) bond motifs is 1. The number of hydrogen-bond acceptors (Lipinski definition) is 3. The Labute approximate surface area is 159 Å². The highest BCUT2D eigenvalue weighted by Gasteiger charge is 2.35.